The number of nitrogens with zero attached hydrogens (tertiary/aromatic N) is 2. The number of nitriles is 1. The minimum absolute atomic E-state index is 0.139. The van der Waals surface area contributed by atoms with E-state index in [0.717, 1.165) is 11.1 Å². The minimum atomic E-state index is -0.139. The topological polar surface area (TPSA) is 56.8 Å². The fraction of sp³-hybridized carbons (Fsp3) is 0.0500. The highest BCUT2D eigenvalue weighted by atomic mass is 16.1. The number of carbonyl (C=O) groups is 1. The summed E-state index contributed by atoms with van der Waals surface area (Å²) in [6, 6.07) is 22.9. The summed E-state index contributed by atoms with van der Waals surface area (Å²) in [5, 5.41) is 11.7. The third-order valence-corrected chi connectivity index (χ3v) is 3.57. The molecule has 1 N–H and O–H groups in total. The molecule has 0 aliphatic rings. The van der Waals surface area contributed by atoms with Gasteiger partial charge < -0.3 is 5.32 Å². The van der Waals surface area contributed by atoms with Crippen LogP contribution in [0.1, 0.15) is 5.56 Å². The normalized spacial score (nSPS) is 9.96. The standard InChI is InChI=1S/C20H15N3O/c21-13-16-6-4-10-19(12-16)22-20(24)15-23-11-5-9-18(14-23)17-7-2-1-3-8-17/h1-12,14H,15H2/p+1. The van der Waals surface area contributed by atoms with Gasteiger partial charge in [0.15, 0.2) is 12.4 Å². The zero-order valence-corrected chi connectivity index (χ0v) is 13.0. The Balaban J connectivity index is 1.72. The lowest BCUT2D eigenvalue weighted by Crippen LogP contribution is -2.39. The lowest BCUT2D eigenvalue weighted by Gasteiger charge is -2.04. The van der Waals surface area contributed by atoms with E-state index in [4.69, 9.17) is 5.26 Å². The molecule has 1 heterocycles. The zero-order valence-electron chi connectivity index (χ0n) is 13.0. The first-order valence-electron chi connectivity index (χ1n) is 7.59. The SMILES string of the molecule is N#Cc1cccc(NC(=O)C[n+]2cccc(-c3ccccc3)c2)c1. The van der Waals surface area contributed by atoms with Crippen molar-refractivity contribution in [3.8, 4) is 17.2 Å². The Morgan fingerprint density at radius 2 is 1.79 bits per heavy atom. The molecular formula is C20H16N3O+. The van der Waals surface area contributed by atoms with Gasteiger partial charge in [-0.3, -0.25) is 4.79 Å². The van der Waals surface area contributed by atoms with Gasteiger partial charge in [0.05, 0.1) is 11.6 Å². The number of aromatic nitrogens is 1. The number of rotatable bonds is 4. The van der Waals surface area contributed by atoms with Crippen LogP contribution in [0.5, 0.6) is 0 Å². The van der Waals surface area contributed by atoms with Crippen LogP contribution in [-0.4, -0.2) is 5.91 Å². The smallest absolute Gasteiger partial charge is 0.290 e. The Labute approximate surface area is 140 Å². The van der Waals surface area contributed by atoms with Crippen molar-refractivity contribution in [2.24, 2.45) is 0 Å². The van der Waals surface area contributed by atoms with Crippen LogP contribution in [0.3, 0.4) is 0 Å². The van der Waals surface area contributed by atoms with Gasteiger partial charge in [-0.1, -0.05) is 36.4 Å². The third kappa shape index (κ3) is 3.84. The van der Waals surface area contributed by atoms with Gasteiger partial charge in [-0.15, -0.1) is 0 Å². The molecular weight excluding hydrogens is 298 g/mol. The molecule has 3 aromatic rings. The zero-order chi connectivity index (χ0) is 16.8. The van der Waals surface area contributed by atoms with Crippen LogP contribution in [0.4, 0.5) is 5.69 Å². The van der Waals surface area contributed by atoms with Crippen molar-refractivity contribution >= 4 is 11.6 Å². The Bertz CT molecular complexity index is 898. The molecule has 0 fully saturated rings. The molecule has 3 rings (SSSR count). The van der Waals surface area contributed by atoms with Crippen molar-refractivity contribution in [2.75, 3.05) is 5.32 Å². The van der Waals surface area contributed by atoms with Crippen molar-refractivity contribution < 1.29 is 9.36 Å². The van der Waals surface area contributed by atoms with E-state index in [1.54, 1.807) is 24.3 Å². The molecule has 1 amide bonds. The summed E-state index contributed by atoms with van der Waals surface area (Å²) in [6.07, 6.45) is 3.80. The van der Waals surface area contributed by atoms with Crippen LogP contribution in [-0.2, 0) is 11.3 Å². The second-order valence-corrected chi connectivity index (χ2v) is 5.37. The summed E-state index contributed by atoms with van der Waals surface area (Å²) in [5.74, 6) is -0.139. The predicted octanol–water partition coefficient (Wildman–Crippen LogP) is 3.15. The average Bonchev–Trinajstić information content (AvgIpc) is 2.63. The Morgan fingerprint density at radius 3 is 2.58 bits per heavy atom. The molecule has 0 spiro atoms. The number of amides is 1. The maximum atomic E-state index is 12.2. The monoisotopic (exact) mass is 314 g/mol. The molecule has 0 saturated carbocycles. The number of hydrogen-bond donors (Lipinski definition) is 1. The fourth-order valence-corrected chi connectivity index (χ4v) is 2.45. The lowest BCUT2D eigenvalue weighted by atomic mass is 10.1. The maximum Gasteiger partial charge on any atom is 0.290 e. The fourth-order valence-electron chi connectivity index (χ4n) is 2.45. The van der Waals surface area contributed by atoms with Crippen LogP contribution >= 0.6 is 0 Å². The van der Waals surface area contributed by atoms with Gasteiger partial charge >= 0.3 is 0 Å². The number of benzene rings is 2. The van der Waals surface area contributed by atoms with Crippen LogP contribution < -0.4 is 9.88 Å². The Kier molecular flexibility index (Phi) is 4.64. The summed E-state index contributed by atoms with van der Waals surface area (Å²) in [5.41, 5.74) is 3.30. The highest BCUT2D eigenvalue weighted by Gasteiger charge is 2.11. The lowest BCUT2D eigenvalue weighted by molar-refractivity contribution is -0.683. The Morgan fingerprint density at radius 1 is 1.00 bits per heavy atom. The van der Waals surface area contributed by atoms with Gasteiger partial charge in [0.2, 0.25) is 6.54 Å². The number of nitrogens with one attached hydrogen (secondary N) is 1. The van der Waals surface area contributed by atoms with E-state index in [-0.39, 0.29) is 12.5 Å². The number of hydrogen-bond acceptors (Lipinski definition) is 2. The summed E-state index contributed by atoms with van der Waals surface area (Å²) < 4.78 is 1.84. The number of carbonyl (C=O) groups excluding carboxylic acids is 1. The predicted molar refractivity (Wildman–Crippen MR) is 91.9 cm³/mol. The maximum absolute atomic E-state index is 12.2. The second-order valence-electron chi connectivity index (χ2n) is 5.37. The van der Waals surface area contributed by atoms with Crippen molar-refractivity contribution in [3.63, 3.8) is 0 Å². The first-order valence-corrected chi connectivity index (χ1v) is 7.59. The summed E-state index contributed by atoms with van der Waals surface area (Å²) in [4.78, 5) is 12.2. The quantitative estimate of drug-likeness (QED) is 0.752. The van der Waals surface area contributed by atoms with Crippen LogP contribution in [0.2, 0.25) is 0 Å². The van der Waals surface area contributed by atoms with Crippen LogP contribution in [0.15, 0.2) is 79.1 Å². The molecule has 0 radical (unpaired) electrons. The van der Waals surface area contributed by atoms with Crippen molar-refractivity contribution in [2.45, 2.75) is 6.54 Å². The molecule has 4 nitrogen and oxygen atoms in total. The second kappa shape index (κ2) is 7.21. The van der Waals surface area contributed by atoms with Crippen molar-refractivity contribution in [3.05, 3.63) is 84.7 Å². The molecule has 0 atom stereocenters. The summed E-state index contributed by atoms with van der Waals surface area (Å²) >= 11 is 0. The minimum Gasteiger partial charge on any atom is -0.321 e. The first-order chi connectivity index (χ1) is 11.7. The van der Waals surface area contributed by atoms with Crippen LogP contribution in [0, 0.1) is 11.3 Å². The molecule has 0 unspecified atom stereocenters. The highest BCUT2D eigenvalue weighted by molar-refractivity contribution is 5.89. The molecule has 1 aromatic heterocycles. The Hall–Kier alpha value is -3.45. The summed E-state index contributed by atoms with van der Waals surface area (Å²) in [6.45, 7) is 0.206. The summed E-state index contributed by atoms with van der Waals surface area (Å²) in [7, 11) is 0. The highest BCUT2D eigenvalue weighted by Crippen LogP contribution is 2.16. The van der Waals surface area contributed by atoms with E-state index < -0.39 is 0 Å². The number of pyridine rings is 1. The van der Waals surface area contributed by atoms with Gasteiger partial charge in [0.1, 0.15) is 0 Å². The van der Waals surface area contributed by atoms with E-state index >= 15 is 0 Å². The molecule has 2 aromatic carbocycles. The van der Waals surface area contributed by atoms with Gasteiger partial charge in [-0.2, -0.15) is 9.83 Å². The van der Waals surface area contributed by atoms with E-state index in [0.29, 0.717) is 11.3 Å². The van der Waals surface area contributed by atoms with Crippen molar-refractivity contribution in [1.82, 2.24) is 0 Å². The first kappa shape index (κ1) is 15.4. The molecule has 0 aliphatic heterocycles. The van der Waals surface area contributed by atoms with Crippen LogP contribution in [0.25, 0.3) is 11.1 Å². The average molecular weight is 314 g/mol. The van der Waals surface area contributed by atoms with Gasteiger partial charge in [0, 0.05) is 17.3 Å². The molecule has 4 heteroatoms. The number of anilines is 1. The largest absolute Gasteiger partial charge is 0.321 e. The van der Waals surface area contributed by atoms with Crippen molar-refractivity contribution in [1.29, 1.82) is 5.26 Å². The van der Waals surface area contributed by atoms with E-state index in [1.165, 1.54) is 0 Å². The van der Waals surface area contributed by atoms with Gasteiger partial charge in [-0.25, -0.2) is 0 Å². The molecule has 24 heavy (non-hydrogen) atoms. The van der Waals surface area contributed by atoms with E-state index in [2.05, 4.69) is 11.4 Å². The third-order valence-electron chi connectivity index (χ3n) is 3.57. The van der Waals surface area contributed by atoms with E-state index in [9.17, 15) is 4.79 Å². The van der Waals surface area contributed by atoms with Gasteiger partial charge in [0.25, 0.3) is 5.91 Å². The molecule has 0 bridgehead atoms. The van der Waals surface area contributed by atoms with E-state index in [1.807, 2.05) is 59.4 Å². The molecule has 0 saturated heterocycles. The van der Waals surface area contributed by atoms with Gasteiger partial charge in [-0.05, 0) is 29.8 Å². The molecule has 0 aliphatic carbocycles. The molecule has 116 valence electrons.